The number of aromatic amines is 1. The lowest BCUT2D eigenvalue weighted by molar-refractivity contribution is -0.126. The third-order valence-electron chi connectivity index (χ3n) is 3.50. The lowest BCUT2D eigenvalue weighted by Gasteiger charge is -2.05. The first-order valence-electron chi connectivity index (χ1n) is 7.71. The van der Waals surface area contributed by atoms with E-state index in [2.05, 4.69) is 20.8 Å². The van der Waals surface area contributed by atoms with Gasteiger partial charge in [0.05, 0.1) is 11.1 Å². The zero-order chi connectivity index (χ0) is 18.7. The molecule has 3 aromatic rings. The molecule has 0 aliphatic rings. The van der Waals surface area contributed by atoms with Gasteiger partial charge in [-0.2, -0.15) is 0 Å². The molecule has 3 rings (SSSR count). The average Bonchev–Trinajstić information content (AvgIpc) is 3.03. The fourth-order valence-corrected chi connectivity index (χ4v) is 3.94. The standard InChI is InChI=1S/C17H16N4O3S2/c1-9-3-5-11(6-4-9)12-7-25-16-14(12)15(24)18-17(19-16)26-8-13(23)21-20-10(2)22/h3-7H,8H2,1-2H3,(H,20,22)(H,21,23)(H,18,19,24). The van der Waals surface area contributed by atoms with Gasteiger partial charge in [0, 0.05) is 17.9 Å². The van der Waals surface area contributed by atoms with Crippen molar-refractivity contribution in [2.75, 3.05) is 5.75 Å². The van der Waals surface area contributed by atoms with E-state index in [0.717, 1.165) is 28.5 Å². The summed E-state index contributed by atoms with van der Waals surface area (Å²) < 4.78 is 0. The molecule has 0 bridgehead atoms. The Bertz CT molecular complexity index is 1020. The van der Waals surface area contributed by atoms with Crippen LogP contribution in [0.5, 0.6) is 0 Å². The predicted molar refractivity (Wildman–Crippen MR) is 103 cm³/mol. The fourth-order valence-electron chi connectivity index (χ4n) is 2.27. The van der Waals surface area contributed by atoms with E-state index < -0.39 is 0 Å². The van der Waals surface area contributed by atoms with Crippen LogP contribution >= 0.6 is 23.1 Å². The topological polar surface area (TPSA) is 104 Å². The van der Waals surface area contributed by atoms with Gasteiger partial charge >= 0.3 is 0 Å². The summed E-state index contributed by atoms with van der Waals surface area (Å²) in [6, 6.07) is 7.95. The molecule has 2 aromatic heterocycles. The zero-order valence-corrected chi connectivity index (χ0v) is 15.7. The van der Waals surface area contributed by atoms with E-state index in [1.165, 1.54) is 18.3 Å². The number of hydrogen-bond acceptors (Lipinski definition) is 6. The second kappa shape index (κ2) is 7.71. The Labute approximate surface area is 157 Å². The Kier molecular flexibility index (Phi) is 5.38. The van der Waals surface area contributed by atoms with Gasteiger partial charge in [0.25, 0.3) is 5.56 Å². The molecule has 0 saturated carbocycles. The summed E-state index contributed by atoms with van der Waals surface area (Å²) in [7, 11) is 0. The van der Waals surface area contributed by atoms with E-state index in [-0.39, 0.29) is 23.1 Å². The minimum absolute atomic E-state index is 0.0188. The first-order chi connectivity index (χ1) is 12.4. The second-order valence-corrected chi connectivity index (χ2v) is 7.41. The molecular weight excluding hydrogens is 372 g/mol. The van der Waals surface area contributed by atoms with Gasteiger partial charge in [-0.1, -0.05) is 41.6 Å². The third-order valence-corrected chi connectivity index (χ3v) is 5.25. The van der Waals surface area contributed by atoms with E-state index in [9.17, 15) is 14.4 Å². The summed E-state index contributed by atoms with van der Waals surface area (Å²) in [4.78, 5) is 42.7. The van der Waals surface area contributed by atoms with Crippen molar-refractivity contribution in [1.29, 1.82) is 0 Å². The van der Waals surface area contributed by atoms with Crippen molar-refractivity contribution < 1.29 is 9.59 Å². The highest BCUT2D eigenvalue weighted by Gasteiger charge is 2.14. The van der Waals surface area contributed by atoms with Gasteiger partial charge in [-0.05, 0) is 12.5 Å². The number of rotatable bonds is 4. The smallest absolute Gasteiger partial charge is 0.260 e. The SMILES string of the molecule is CC(=O)NNC(=O)CSc1nc2scc(-c3ccc(C)cc3)c2c(=O)[nH]1. The Morgan fingerprint density at radius 1 is 1.23 bits per heavy atom. The maximum Gasteiger partial charge on any atom is 0.260 e. The Morgan fingerprint density at radius 3 is 2.65 bits per heavy atom. The molecule has 9 heteroatoms. The zero-order valence-electron chi connectivity index (χ0n) is 14.1. The molecule has 0 atom stereocenters. The molecule has 1 aromatic carbocycles. The van der Waals surface area contributed by atoms with E-state index in [0.29, 0.717) is 15.4 Å². The van der Waals surface area contributed by atoms with Crippen LogP contribution in [0.15, 0.2) is 39.6 Å². The molecule has 0 unspecified atom stereocenters. The summed E-state index contributed by atoms with van der Waals surface area (Å²) in [5, 5.41) is 2.82. The molecule has 0 spiro atoms. The number of carbonyl (C=O) groups is 2. The van der Waals surface area contributed by atoms with Crippen molar-refractivity contribution in [2.24, 2.45) is 0 Å². The minimum Gasteiger partial charge on any atom is -0.301 e. The third kappa shape index (κ3) is 4.12. The summed E-state index contributed by atoms with van der Waals surface area (Å²) in [6.07, 6.45) is 0. The van der Waals surface area contributed by atoms with E-state index in [1.807, 2.05) is 36.6 Å². The van der Waals surface area contributed by atoms with E-state index >= 15 is 0 Å². The maximum absolute atomic E-state index is 12.5. The maximum atomic E-state index is 12.5. The van der Waals surface area contributed by atoms with Crippen molar-refractivity contribution in [2.45, 2.75) is 19.0 Å². The number of thioether (sulfide) groups is 1. The highest BCUT2D eigenvalue weighted by Crippen LogP contribution is 2.31. The van der Waals surface area contributed by atoms with Crippen LogP contribution in [0.25, 0.3) is 21.3 Å². The number of carbonyl (C=O) groups excluding carboxylic acids is 2. The number of thiophene rings is 1. The molecule has 0 radical (unpaired) electrons. The molecule has 0 saturated heterocycles. The molecule has 134 valence electrons. The van der Waals surface area contributed by atoms with Gasteiger partial charge in [0.2, 0.25) is 11.8 Å². The molecule has 3 N–H and O–H groups in total. The highest BCUT2D eigenvalue weighted by molar-refractivity contribution is 7.99. The average molecular weight is 388 g/mol. The second-order valence-electron chi connectivity index (χ2n) is 5.58. The van der Waals surface area contributed by atoms with Crippen molar-refractivity contribution >= 4 is 45.1 Å². The largest absolute Gasteiger partial charge is 0.301 e. The lowest BCUT2D eigenvalue weighted by atomic mass is 10.1. The van der Waals surface area contributed by atoms with Gasteiger partial charge in [-0.15, -0.1) is 11.3 Å². The molecule has 26 heavy (non-hydrogen) atoms. The number of aryl methyl sites for hydroxylation is 1. The van der Waals surface area contributed by atoms with Crippen LogP contribution in [0.2, 0.25) is 0 Å². The van der Waals surface area contributed by atoms with Crippen LogP contribution in [0.3, 0.4) is 0 Å². The number of nitrogens with one attached hydrogen (secondary N) is 3. The van der Waals surface area contributed by atoms with Crippen molar-refractivity contribution in [1.82, 2.24) is 20.8 Å². The van der Waals surface area contributed by atoms with Gasteiger partial charge in [-0.25, -0.2) is 4.98 Å². The lowest BCUT2D eigenvalue weighted by Crippen LogP contribution is -2.41. The Morgan fingerprint density at radius 2 is 1.96 bits per heavy atom. The molecule has 7 nitrogen and oxygen atoms in total. The number of aromatic nitrogens is 2. The molecular formula is C17H16N4O3S2. The van der Waals surface area contributed by atoms with Crippen molar-refractivity contribution in [3.8, 4) is 11.1 Å². The molecule has 0 aliphatic carbocycles. The van der Waals surface area contributed by atoms with Crippen LogP contribution in [-0.2, 0) is 9.59 Å². The number of hydrogen-bond donors (Lipinski definition) is 3. The van der Waals surface area contributed by atoms with Crippen LogP contribution in [-0.4, -0.2) is 27.5 Å². The number of H-pyrrole nitrogens is 1. The summed E-state index contributed by atoms with van der Waals surface area (Å²) in [6.45, 7) is 3.30. The Balaban J connectivity index is 1.81. The highest BCUT2D eigenvalue weighted by atomic mass is 32.2. The molecule has 2 heterocycles. The van der Waals surface area contributed by atoms with Crippen molar-refractivity contribution in [3.63, 3.8) is 0 Å². The monoisotopic (exact) mass is 388 g/mol. The predicted octanol–water partition coefficient (Wildman–Crippen LogP) is 2.22. The van der Waals surface area contributed by atoms with Crippen LogP contribution in [0, 0.1) is 6.92 Å². The van der Waals surface area contributed by atoms with E-state index in [1.54, 1.807) is 0 Å². The first-order valence-corrected chi connectivity index (χ1v) is 9.57. The number of fused-ring (bicyclic) bond motifs is 1. The Hall–Kier alpha value is -2.65. The van der Waals surface area contributed by atoms with Gasteiger partial charge in [0.1, 0.15) is 4.83 Å². The summed E-state index contributed by atoms with van der Waals surface area (Å²) >= 11 is 2.48. The summed E-state index contributed by atoms with van der Waals surface area (Å²) in [5.74, 6) is -0.733. The van der Waals surface area contributed by atoms with Crippen molar-refractivity contribution in [3.05, 3.63) is 45.6 Å². The van der Waals surface area contributed by atoms with Gasteiger partial charge < -0.3 is 4.98 Å². The number of hydrazine groups is 1. The first kappa shape index (κ1) is 18.2. The number of amides is 2. The quantitative estimate of drug-likeness (QED) is 0.361. The fraction of sp³-hybridized carbons (Fsp3) is 0.176. The number of nitrogens with zero attached hydrogens (tertiary/aromatic N) is 1. The molecule has 0 aliphatic heterocycles. The molecule has 0 fully saturated rings. The normalized spacial score (nSPS) is 10.7. The molecule has 2 amide bonds. The van der Waals surface area contributed by atoms with Gasteiger partial charge in [-0.3, -0.25) is 25.2 Å². The summed E-state index contributed by atoms with van der Waals surface area (Å²) in [5.41, 5.74) is 7.18. The van der Waals surface area contributed by atoms with Crippen LogP contribution in [0.4, 0.5) is 0 Å². The number of benzene rings is 1. The van der Waals surface area contributed by atoms with Gasteiger partial charge in [0.15, 0.2) is 5.16 Å². The van der Waals surface area contributed by atoms with Crippen LogP contribution < -0.4 is 16.4 Å². The van der Waals surface area contributed by atoms with E-state index in [4.69, 9.17) is 0 Å². The van der Waals surface area contributed by atoms with Crippen LogP contribution in [0.1, 0.15) is 12.5 Å². The minimum atomic E-state index is -0.389.